The first-order chi connectivity index (χ1) is 9.70. The van der Waals surface area contributed by atoms with E-state index in [9.17, 15) is 16.8 Å². The van der Waals surface area contributed by atoms with Crippen LogP contribution in [0.15, 0.2) is 58.3 Å². The highest BCUT2D eigenvalue weighted by Gasteiger charge is 2.17. The highest BCUT2D eigenvalue weighted by Crippen LogP contribution is 2.27. The van der Waals surface area contributed by atoms with Crippen LogP contribution < -0.4 is 4.72 Å². The van der Waals surface area contributed by atoms with Crippen LogP contribution in [0.3, 0.4) is 0 Å². The Bertz CT molecular complexity index is 862. The third kappa shape index (κ3) is 3.75. The van der Waals surface area contributed by atoms with E-state index in [-0.39, 0.29) is 20.5 Å². The topological polar surface area (TPSA) is 80.3 Å². The summed E-state index contributed by atoms with van der Waals surface area (Å²) in [6.45, 7) is 0. The van der Waals surface area contributed by atoms with Crippen LogP contribution in [0.25, 0.3) is 0 Å². The smallest absolute Gasteiger partial charge is 0.261 e. The van der Waals surface area contributed by atoms with Gasteiger partial charge in [0.25, 0.3) is 10.0 Å². The Kier molecular flexibility index (Phi) is 4.27. The number of rotatable bonds is 4. The number of sulfonamides is 1. The average molecular weight is 346 g/mol. The van der Waals surface area contributed by atoms with Crippen LogP contribution in [0.5, 0.6) is 0 Å². The van der Waals surface area contributed by atoms with Gasteiger partial charge in [-0.05, 0) is 30.3 Å². The normalized spacial score (nSPS) is 12.1. The molecule has 0 atom stereocenters. The number of hydrogen-bond acceptors (Lipinski definition) is 4. The molecule has 2 aromatic carbocycles. The van der Waals surface area contributed by atoms with E-state index in [1.807, 2.05) is 0 Å². The maximum atomic E-state index is 12.2. The van der Waals surface area contributed by atoms with Crippen LogP contribution >= 0.6 is 11.6 Å². The summed E-state index contributed by atoms with van der Waals surface area (Å²) in [6, 6.07) is 11.6. The van der Waals surface area contributed by atoms with Gasteiger partial charge in [-0.3, -0.25) is 4.72 Å². The molecule has 0 aromatic heterocycles. The summed E-state index contributed by atoms with van der Waals surface area (Å²) in [7, 11) is -7.28. The second-order valence-electron chi connectivity index (χ2n) is 4.33. The fourth-order valence-electron chi connectivity index (χ4n) is 1.62. The molecule has 2 aromatic rings. The summed E-state index contributed by atoms with van der Waals surface area (Å²) in [4.78, 5) is 0.0449. The zero-order valence-electron chi connectivity index (χ0n) is 10.9. The zero-order chi connectivity index (χ0) is 15.7. The van der Waals surface area contributed by atoms with Crippen molar-refractivity contribution in [1.82, 2.24) is 0 Å². The number of halogens is 1. The Morgan fingerprint density at radius 3 is 2.10 bits per heavy atom. The Morgan fingerprint density at radius 1 is 0.905 bits per heavy atom. The van der Waals surface area contributed by atoms with Crippen LogP contribution in [-0.2, 0) is 19.9 Å². The van der Waals surface area contributed by atoms with Gasteiger partial charge in [-0.15, -0.1) is 0 Å². The van der Waals surface area contributed by atoms with Crippen LogP contribution in [0.4, 0.5) is 5.69 Å². The second kappa shape index (κ2) is 5.67. The second-order valence-corrected chi connectivity index (χ2v) is 8.44. The molecule has 21 heavy (non-hydrogen) atoms. The molecule has 0 spiro atoms. The van der Waals surface area contributed by atoms with Crippen LogP contribution in [0.2, 0.25) is 5.02 Å². The van der Waals surface area contributed by atoms with Crippen LogP contribution in [0, 0.1) is 0 Å². The van der Waals surface area contributed by atoms with Gasteiger partial charge >= 0.3 is 0 Å². The maximum Gasteiger partial charge on any atom is 0.261 e. The van der Waals surface area contributed by atoms with Crippen molar-refractivity contribution < 1.29 is 16.8 Å². The van der Waals surface area contributed by atoms with Crippen LogP contribution in [-0.4, -0.2) is 23.1 Å². The molecule has 0 saturated carbocycles. The van der Waals surface area contributed by atoms with Crippen LogP contribution in [0.1, 0.15) is 0 Å². The molecule has 0 aliphatic carbocycles. The first-order valence-electron chi connectivity index (χ1n) is 5.77. The molecule has 0 aliphatic heterocycles. The first-order valence-corrected chi connectivity index (χ1v) is 9.53. The van der Waals surface area contributed by atoms with Gasteiger partial charge < -0.3 is 0 Å². The summed E-state index contributed by atoms with van der Waals surface area (Å²) < 4.78 is 49.7. The van der Waals surface area contributed by atoms with Gasteiger partial charge in [0.2, 0.25) is 0 Å². The molecule has 0 aliphatic rings. The molecular formula is C13H12ClNO4S2. The van der Waals surface area contributed by atoms with Gasteiger partial charge in [0.05, 0.1) is 20.5 Å². The molecule has 112 valence electrons. The van der Waals surface area contributed by atoms with E-state index in [0.29, 0.717) is 0 Å². The third-order valence-electron chi connectivity index (χ3n) is 2.66. The summed E-state index contributed by atoms with van der Waals surface area (Å²) in [6.07, 6.45) is 1.03. The van der Waals surface area contributed by atoms with Crippen molar-refractivity contribution in [2.75, 3.05) is 11.0 Å². The van der Waals surface area contributed by atoms with Crippen molar-refractivity contribution in [2.24, 2.45) is 0 Å². The molecule has 0 heterocycles. The van der Waals surface area contributed by atoms with Gasteiger partial charge in [-0.2, -0.15) is 0 Å². The van der Waals surface area contributed by atoms with Gasteiger partial charge in [0.15, 0.2) is 9.84 Å². The van der Waals surface area contributed by atoms with E-state index in [0.717, 1.165) is 6.26 Å². The number of hydrogen-bond donors (Lipinski definition) is 1. The Hall–Kier alpha value is -1.57. The molecule has 2 rings (SSSR count). The standard InChI is InChI=1S/C13H12ClNO4S2/c1-20(16,17)11-7-8-12(14)13(9-11)15-21(18,19)10-5-3-2-4-6-10/h2-9,15H,1H3. The molecule has 5 nitrogen and oxygen atoms in total. The fourth-order valence-corrected chi connectivity index (χ4v) is 3.58. The quantitative estimate of drug-likeness (QED) is 0.923. The fraction of sp³-hybridized carbons (Fsp3) is 0.0769. The van der Waals surface area contributed by atoms with E-state index in [2.05, 4.69) is 4.72 Å². The predicted octanol–water partition coefficient (Wildman–Crippen LogP) is 2.54. The zero-order valence-corrected chi connectivity index (χ0v) is 13.3. The van der Waals surface area contributed by atoms with Gasteiger partial charge in [0.1, 0.15) is 0 Å². The Balaban J connectivity index is 2.45. The summed E-state index contributed by atoms with van der Waals surface area (Å²) >= 11 is 5.92. The highest BCUT2D eigenvalue weighted by molar-refractivity contribution is 7.92. The molecule has 0 saturated heterocycles. The molecule has 0 radical (unpaired) electrons. The lowest BCUT2D eigenvalue weighted by Crippen LogP contribution is -2.13. The van der Waals surface area contributed by atoms with E-state index in [1.165, 1.54) is 30.3 Å². The lowest BCUT2D eigenvalue weighted by atomic mass is 10.3. The molecule has 0 fully saturated rings. The Labute approximate surface area is 128 Å². The van der Waals surface area contributed by atoms with Gasteiger partial charge in [-0.25, -0.2) is 16.8 Å². The minimum Gasteiger partial charge on any atom is -0.278 e. The maximum absolute atomic E-state index is 12.2. The largest absolute Gasteiger partial charge is 0.278 e. The van der Waals surface area contributed by atoms with Crippen molar-refractivity contribution in [2.45, 2.75) is 9.79 Å². The van der Waals surface area contributed by atoms with E-state index >= 15 is 0 Å². The van der Waals surface area contributed by atoms with Crippen molar-refractivity contribution in [3.63, 3.8) is 0 Å². The lowest BCUT2D eigenvalue weighted by molar-refractivity contribution is 0.599. The molecule has 8 heteroatoms. The van der Waals surface area contributed by atoms with E-state index in [1.54, 1.807) is 18.2 Å². The predicted molar refractivity (Wildman–Crippen MR) is 81.8 cm³/mol. The molecule has 1 N–H and O–H groups in total. The number of sulfone groups is 1. The molecule has 0 amide bonds. The van der Waals surface area contributed by atoms with Gasteiger partial charge in [0, 0.05) is 6.26 Å². The summed E-state index contributed by atoms with van der Waals surface area (Å²) in [5.74, 6) is 0. The van der Waals surface area contributed by atoms with Gasteiger partial charge in [-0.1, -0.05) is 29.8 Å². The lowest BCUT2D eigenvalue weighted by Gasteiger charge is -2.10. The summed E-state index contributed by atoms with van der Waals surface area (Å²) in [5, 5.41) is 0.113. The molecule has 0 bridgehead atoms. The number of anilines is 1. The first kappa shape index (κ1) is 15.8. The minimum atomic E-state index is -3.83. The number of nitrogens with one attached hydrogen (secondary N) is 1. The van der Waals surface area contributed by atoms with E-state index < -0.39 is 19.9 Å². The minimum absolute atomic E-state index is 0.0161. The summed E-state index contributed by atoms with van der Waals surface area (Å²) in [5.41, 5.74) is 0.0171. The van der Waals surface area contributed by atoms with E-state index in [4.69, 9.17) is 11.6 Å². The van der Waals surface area contributed by atoms with Crippen molar-refractivity contribution in [3.05, 3.63) is 53.6 Å². The average Bonchev–Trinajstić information content (AvgIpc) is 2.41. The molecular weight excluding hydrogens is 334 g/mol. The third-order valence-corrected chi connectivity index (χ3v) is 5.49. The van der Waals surface area contributed by atoms with Crippen molar-refractivity contribution in [1.29, 1.82) is 0 Å². The molecule has 0 unspecified atom stereocenters. The highest BCUT2D eigenvalue weighted by atomic mass is 35.5. The Morgan fingerprint density at radius 2 is 1.52 bits per heavy atom. The monoisotopic (exact) mass is 345 g/mol. The van der Waals surface area contributed by atoms with Crippen molar-refractivity contribution in [3.8, 4) is 0 Å². The number of benzene rings is 2. The van der Waals surface area contributed by atoms with Crippen molar-refractivity contribution >= 4 is 37.1 Å². The SMILES string of the molecule is CS(=O)(=O)c1ccc(Cl)c(NS(=O)(=O)c2ccccc2)c1.